The van der Waals surface area contributed by atoms with Gasteiger partial charge < -0.3 is 10.1 Å². The lowest BCUT2D eigenvalue weighted by molar-refractivity contribution is 0.102. The lowest BCUT2D eigenvalue weighted by Crippen LogP contribution is -2.13. The zero-order chi connectivity index (χ0) is 14.5. The molecule has 0 bridgehead atoms. The van der Waals surface area contributed by atoms with Gasteiger partial charge in [-0.1, -0.05) is 11.6 Å². The van der Waals surface area contributed by atoms with Crippen molar-refractivity contribution in [1.29, 1.82) is 0 Å². The summed E-state index contributed by atoms with van der Waals surface area (Å²) >= 11 is 5.78. The van der Waals surface area contributed by atoms with Gasteiger partial charge in [-0.2, -0.15) is 0 Å². The van der Waals surface area contributed by atoms with E-state index in [2.05, 4.69) is 5.32 Å². The molecule has 4 nitrogen and oxygen atoms in total. The van der Waals surface area contributed by atoms with Crippen LogP contribution in [0.1, 0.15) is 20.7 Å². The molecule has 102 valence electrons. The number of carbonyl (C=O) groups is 2. The molecule has 0 aliphatic rings. The number of hydrogen-bond donors (Lipinski definition) is 1. The van der Waals surface area contributed by atoms with Crippen LogP contribution in [0.5, 0.6) is 5.75 Å². The fourth-order valence-electron chi connectivity index (χ4n) is 1.71. The van der Waals surface area contributed by atoms with Gasteiger partial charge in [-0.15, -0.1) is 0 Å². The van der Waals surface area contributed by atoms with Gasteiger partial charge >= 0.3 is 0 Å². The SMILES string of the molecule is COc1ccc(C=O)cc1C(=O)Nc1ccc(Cl)cc1. The minimum Gasteiger partial charge on any atom is -0.496 e. The van der Waals surface area contributed by atoms with Gasteiger partial charge in [0, 0.05) is 16.3 Å². The molecule has 2 aromatic carbocycles. The van der Waals surface area contributed by atoms with E-state index in [0.29, 0.717) is 33.9 Å². The van der Waals surface area contributed by atoms with Crippen LogP contribution in [0.4, 0.5) is 5.69 Å². The lowest BCUT2D eigenvalue weighted by atomic mass is 10.1. The van der Waals surface area contributed by atoms with Crippen molar-refractivity contribution in [2.75, 3.05) is 12.4 Å². The first-order valence-corrected chi connectivity index (χ1v) is 6.22. The van der Waals surface area contributed by atoms with Gasteiger partial charge in [-0.25, -0.2) is 0 Å². The molecule has 0 saturated carbocycles. The Morgan fingerprint density at radius 2 is 1.90 bits per heavy atom. The first kappa shape index (κ1) is 14.1. The van der Waals surface area contributed by atoms with Gasteiger partial charge in [-0.05, 0) is 42.5 Å². The molecule has 0 spiro atoms. The van der Waals surface area contributed by atoms with Gasteiger partial charge in [0.15, 0.2) is 0 Å². The normalized spacial score (nSPS) is 9.90. The summed E-state index contributed by atoms with van der Waals surface area (Å²) in [5.41, 5.74) is 1.32. The van der Waals surface area contributed by atoms with Crippen LogP contribution in [-0.2, 0) is 0 Å². The molecule has 0 atom stereocenters. The maximum atomic E-state index is 12.2. The summed E-state index contributed by atoms with van der Waals surface area (Å²) in [7, 11) is 1.47. The van der Waals surface area contributed by atoms with E-state index < -0.39 is 0 Å². The number of aldehydes is 1. The quantitative estimate of drug-likeness (QED) is 0.878. The fourth-order valence-corrected chi connectivity index (χ4v) is 1.83. The topological polar surface area (TPSA) is 55.4 Å². The van der Waals surface area contributed by atoms with E-state index in [-0.39, 0.29) is 5.91 Å². The first-order chi connectivity index (χ1) is 9.63. The molecule has 0 aliphatic heterocycles. The predicted octanol–water partition coefficient (Wildman–Crippen LogP) is 3.41. The maximum Gasteiger partial charge on any atom is 0.259 e. The molecule has 0 radical (unpaired) electrons. The number of anilines is 1. The van der Waals surface area contributed by atoms with Crippen molar-refractivity contribution in [3.8, 4) is 5.75 Å². The number of benzene rings is 2. The Morgan fingerprint density at radius 3 is 2.50 bits per heavy atom. The average Bonchev–Trinajstić information content (AvgIpc) is 2.48. The Balaban J connectivity index is 2.28. The molecule has 0 unspecified atom stereocenters. The van der Waals surface area contributed by atoms with E-state index in [9.17, 15) is 9.59 Å². The van der Waals surface area contributed by atoms with E-state index in [1.54, 1.807) is 36.4 Å². The van der Waals surface area contributed by atoms with Crippen LogP contribution in [0.25, 0.3) is 0 Å². The molecule has 0 saturated heterocycles. The van der Waals surface area contributed by atoms with Crippen molar-refractivity contribution in [2.24, 2.45) is 0 Å². The van der Waals surface area contributed by atoms with E-state index in [1.807, 2.05) is 0 Å². The second-order valence-electron chi connectivity index (χ2n) is 4.04. The molecular formula is C15H12ClNO3. The molecule has 1 amide bonds. The number of halogens is 1. The van der Waals surface area contributed by atoms with Crippen LogP contribution >= 0.6 is 11.6 Å². The Bertz CT molecular complexity index is 638. The van der Waals surface area contributed by atoms with E-state index in [1.165, 1.54) is 13.2 Å². The van der Waals surface area contributed by atoms with E-state index in [4.69, 9.17) is 16.3 Å². The number of methoxy groups -OCH3 is 1. The summed E-state index contributed by atoms with van der Waals surface area (Å²) in [5, 5.41) is 3.30. The molecule has 0 aliphatic carbocycles. The molecule has 2 aromatic rings. The van der Waals surface area contributed by atoms with Crippen molar-refractivity contribution in [2.45, 2.75) is 0 Å². The second-order valence-corrected chi connectivity index (χ2v) is 4.48. The average molecular weight is 290 g/mol. The minimum atomic E-state index is -0.354. The van der Waals surface area contributed by atoms with E-state index >= 15 is 0 Å². The zero-order valence-corrected chi connectivity index (χ0v) is 11.5. The number of rotatable bonds is 4. The van der Waals surface area contributed by atoms with Crippen LogP contribution in [-0.4, -0.2) is 19.3 Å². The Kier molecular flexibility index (Phi) is 4.38. The largest absolute Gasteiger partial charge is 0.496 e. The Labute approximate surface area is 121 Å². The summed E-state index contributed by atoms with van der Waals surface area (Å²) in [4.78, 5) is 23.0. The van der Waals surface area contributed by atoms with Gasteiger partial charge in [0.25, 0.3) is 5.91 Å². The summed E-state index contributed by atoms with van der Waals surface area (Å²) < 4.78 is 5.12. The highest BCUT2D eigenvalue weighted by atomic mass is 35.5. The van der Waals surface area contributed by atoms with Crippen LogP contribution in [0.3, 0.4) is 0 Å². The van der Waals surface area contributed by atoms with Crippen LogP contribution in [0.2, 0.25) is 5.02 Å². The third-order valence-electron chi connectivity index (χ3n) is 2.71. The number of nitrogens with one attached hydrogen (secondary N) is 1. The number of amides is 1. The number of ether oxygens (including phenoxy) is 1. The third-order valence-corrected chi connectivity index (χ3v) is 2.96. The van der Waals surface area contributed by atoms with Crippen LogP contribution in [0.15, 0.2) is 42.5 Å². The van der Waals surface area contributed by atoms with Gasteiger partial charge in [0.05, 0.1) is 12.7 Å². The lowest BCUT2D eigenvalue weighted by Gasteiger charge is -2.10. The smallest absolute Gasteiger partial charge is 0.259 e. The molecule has 1 N–H and O–H groups in total. The molecule has 0 fully saturated rings. The van der Waals surface area contributed by atoms with Gasteiger partial charge in [0.1, 0.15) is 12.0 Å². The molecule has 0 heterocycles. The summed E-state index contributed by atoms with van der Waals surface area (Å²) in [6.45, 7) is 0. The van der Waals surface area contributed by atoms with Crippen molar-refractivity contribution < 1.29 is 14.3 Å². The number of hydrogen-bond acceptors (Lipinski definition) is 3. The Hall–Kier alpha value is -2.33. The zero-order valence-electron chi connectivity index (χ0n) is 10.7. The highest BCUT2D eigenvalue weighted by Crippen LogP contribution is 2.21. The predicted molar refractivity (Wildman–Crippen MR) is 77.8 cm³/mol. The van der Waals surface area contributed by atoms with Crippen LogP contribution in [0, 0.1) is 0 Å². The highest BCUT2D eigenvalue weighted by Gasteiger charge is 2.13. The highest BCUT2D eigenvalue weighted by molar-refractivity contribution is 6.30. The standard InChI is InChI=1S/C15H12ClNO3/c1-20-14-7-2-10(9-18)8-13(14)15(19)17-12-5-3-11(16)4-6-12/h2-9H,1H3,(H,17,19). The minimum absolute atomic E-state index is 0.298. The van der Waals surface area contributed by atoms with Crippen molar-refractivity contribution in [3.05, 3.63) is 58.6 Å². The molecule has 20 heavy (non-hydrogen) atoms. The molecule has 2 rings (SSSR count). The number of carbonyl (C=O) groups excluding carboxylic acids is 2. The molecule has 5 heteroatoms. The van der Waals surface area contributed by atoms with Crippen molar-refractivity contribution >= 4 is 29.5 Å². The van der Waals surface area contributed by atoms with Gasteiger partial charge in [-0.3, -0.25) is 9.59 Å². The van der Waals surface area contributed by atoms with Crippen molar-refractivity contribution in [3.63, 3.8) is 0 Å². The van der Waals surface area contributed by atoms with Crippen molar-refractivity contribution in [1.82, 2.24) is 0 Å². The monoisotopic (exact) mass is 289 g/mol. The molecule has 0 aromatic heterocycles. The van der Waals surface area contributed by atoms with E-state index in [0.717, 1.165) is 0 Å². The second kappa shape index (κ2) is 6.21. The summed E-state index contributed by atoms with van der Waals surface area (Å²) in [6.07, 6.45) is 0.679. The third kappa shape index (κ3) is 3.16. The van der Waals surface area contributed by atoms with Gasteiger partial charge in [0.2, 0.25) is 0 Å². The summed E-state index contributed by atoms with van der Waals surface area (Å²) in [5.74, 6) is 0.0509. The maximum absolute atomic E-state index is 12.2. The summed E-state index contributed by atoms with van der Waals surface area (Å²) in [6, 6.07) is 11.4. The molecular weight excluding hydrogens is 278 g/mol. The fraction of sp³-hybridized carbons (Fsp3) is 0.0667. The Morgan fingerprint density at radius 1 is 1.20 bits per heavy atom. The first-order valence-electron chi connectivity index (χ1n) is 5.84. The van der Waals surface area contributed by atoms with Crippen LogP contribution < -0.4 is 10.1 Å².